The third kappa shape index (κ3) is 3.30. The van der Waals surface area contributed by atoms with Crippen LogP contribution in [0.15, 0.2) is 18.2 Å². The molecule has 1 aliphatic rings. The van der Waals surface area contributed by atoms with Crippen LogP contribution in [0.1, 0.15) is 12.8 Å². The Kier molecular flexibility index (Phi) is 4.51. The van der Waals surface area contributed by atoms with Crippen LogP contribution in [0, 0.1) is 3.57 Å². The number of rotatable bonds is 2. The molecule has 0 aromatic heterocycles. The molecule has 7 heteroatoms. The van der Waals surface area contributed by atoms with Crippen molar-refractivity contribution in [3.63, 3.8) is 0 Å². The Morgan fingerprint density at radius 2 is 2.21 bits per heavy atom. The molecule has 102 valence electrons. The van der Waals surface area contributed by atoms with Gasteiger partial charge in [-0.15, -0.1) is 0 Å². The Morgan fingerprint density at radius 1 is 1.47 bits per heavy atom. The molecule has 0 radical (unpaired) electrons. The first kappa shape index (κ1) is 14.4. The molecule has 0 aliphatic carbocycles. The van der Waals surface area contributed by atoms with Crippen LogP contribution in [0.2, 0.25) is 5.02 Å². The van der Waals surface area contributed by atoms with E-state index in [0.717, 1.165) is 3.57 Å². The fourth-order valence-corrected chi connectivity index (χ4v) is 3.05. The lowest BCUT2D eigenvalue weighted by Gasteiger charge is -2.22. The van der Waals surface area contributed by atoms with Crippen molar-refractivity contribution in [2.24, 2.45) is 0 Å². The molecule has 1 aliphatic heterocycles. The maximum absolute atomic E-state index is 12.1. The second kappa shape index (κ2) is 5.96. The maximum Gasteiger partial charge on any atom is 0.326 e. The zero-order chi connectivity index (χ0) is 14.0. The molecule has 2 rings (SSSR count). The van der Waals surface area contributed by atoms with Gasteiger partial charge < -0.3 is 15.3 Å². The van der Waals surface area contributed by atoms with Crippen molar-refractivity contribution in [3.05, 3.63) is 26.8 Å². The molecule has 2 N–H and O–H groups in total. The highest BCUT2D eigenvalue weighted by Crippen LogP contribution is 2.24. The van der Waals surface area contributed by atoms with Crippen LogP contribution in [0.4, 0.5) is 10.5 Å². The van der Waals surface area contributed by atoms with Crippen LogP contribution in [-0.2, 0) is 4.79 Å². The Hall–Kier alpha value is -1.02. The van der Waals surface area contributed by atoms with E-state index in [1.54, 1.807) is 18.2 Å². The second-order valence-corrected chi connectivity index (χ2v) is 5.84. The van der Waals surface area contributed by atoms with Gasteiger partial charge in [0.15, 0.2) is 0 Å². The summed E-state index contributed by atoms with van der Waals surface area (Å²) in [4.78, 5) is 24.5. The molecule has 5 nitrogen and oxygen atoms in total. The van der Waals surface area contributed by atoms with E-state index in [2.05, 4.69) is 27.9 Å². The molecular formula is C12H12ClIN2O3. The minimum absolute atomic E-state index is 0.384. The lowest BCUT2D eigenvalue weighted by Crippen LogP contribution is -2.42. The molecule has 19 heavy (non-hydrogen) atoms. The number of likely N-dealkylation sites (tertiary alicyclic amines) is 1. The molecule has 1 aromatic carbocycles. The van der Waals surface area contributed by atoms with Crippen molar-refractivity contribution in [2.45, 2.75) is 18.9 Å². The van der Waals surface area contributed by atoms with Gasteiger partial charge in [0, 0.05) is 15.1 Å². The summed E-state index contributed by atoms with van der Waals surface area (Å²) >= 11 is 7.91. The first-order chi connectivity index (χ1) is 8.99. The number of amides is 2. The molecule has 0 spiro atoms. The Morgan fingerprint density at radius 3 is 2.84 bits per heavy atom. The number of carboxylic acids is 1. The van der Waals surface area contributed by atoms with E-state index in [0.29, 0.717) is 30.1 Å². The Labute approximate surface area is 129 Å². The Balaban J connectivity index is 2.10. The van der Waals surface area contributed by atoms with Gasteiger partial charge in [0.25, 0.3) is 0 Å². The topological polar surface area (TPSA) is 69.6 Å². The fourth-order valence-electron chi connectivity index (χ4n) is 2.04. The monoisotopic (exact) mass is 394 g/mol. The summed E-state index contributed by atoms with van der Waals surface area (Å²) < 4.78 is 0.810. The van der Waals surface area contributed by atoms with E-state index in [9.17, 15) is 9.59 Å². The van der Waals surface area contributed by atoms with Crippen LogP contribution >= 0.6 is 34.2 Å². The summed E-state index contributed by atoms with van der Waals surface area (Å²) in [6, 6.07) is 4.00. The van der Waals surface area contributed by atoms with Crippen molar-refractivity contribution >= 4 is 51.9 Å². The number of anilines is 1. The number of benzene rings is 1. The molecule has 1 saturated heterocycles. The summed E-state index contributed by atoms with van der Waals surface area (Å²) in [5, 5.41) is 12.4. The van der Waals surface area contributed by atoms with Crippen LogP contribution in [0.25, 0.3) is 0 Å². The molecular weight excluding hydrogens is 382 g/mol. The van der Waals surface area contributed by atoms with Gasteiger partial charge in [-0.05, 0) is 53.6 Å². The van der Waals surface area contributed by atoms with Gasteiger partial charge in [0.05, 0.1) is 5.69 Å². The van der Waals surface area contributed by atoms with Crippen molar-refractivity contribution in [1.29, 1.82) is 0 Å². The van der Waals surface area contributed by atoms with E-state index in [1.165, 1.54) is 4.90 Å². The average Bonchev–Trinajstić information content (AvgIpc) is 2.82. The Bertz CT molecular complexity index is 524. The van der Waals surface area contributed by atoms with E-state index in [1.807, 2.05) is 0 Å². The van der Waals surface area contributed by atoms with Gasteiger partial charge in [0.2, 0.25) is 0 Å². The summed E-state index contributed by atoms with van der Waals surface area (Å²) in [6.07, 6.45) is 1.21. The van der Waals surface area contributed by atoms with E-state index < -0.39 is 12.0 Å². The van der Waals surface area contributed by atoms with Crippen LogP contribution < -0.4 is 5.32 Å². The zero-order valence-electron chi connectivity index (χ0n) is 9.90. The zero-order valence-corrected chi connectivity index (χ0v) is 12.8. The second-order valence-electron chi connectivity index (χ2n) is 4.24. The van der Waals surface area contributed by atoms with Gasteiger partial charge >= 0.3 is 12.0 Å². The van der Waals surface area contributed by atoms with Crippen molar-refractivity contribution in [2.75, 3.05) is 11.9 Å². The molecule has 1 fully saturated rings. The van der Waals surface area contributed by atoms with Crippen molar-refractivity contribution < 1.29 is 14.7 Å². The number of nitrogens with zero attached hydrogens (tertiary/aromatic N) is 1. The van der Waals surface area contributed by atoms with Gasteiger partial charge in [-0.3, -0.25) is 0 Å². The van der Waals surface area contributed by atoms with Crippen molar-refractivity contribution in [1.82, 2.24) is 4.90 Å². The largest absolute Gasteiger partial charge is 0.480 e. The fraction of sp³-hybridized carbons (Fsp3) is 0.333. The van der Waals surface area contributed by atoms with Gasteiger partial charge in [-0.1, -0.05) is 11.6 Å². The number of hydrogen-bond donors (Lipinski definition) is 2. The highest BCUT2D eigenvalue weighted by molar-refractivity contribution is 14.1. The van der Waals surface area contributed by atoms with E-state index >= 15 is 0 Å². The maximum atomic E-state index is 12.1. The highest BCUT2D eigenvalue weighted by atomic mass is 127. The summed E-state index contributed by atoms with van der Waals surface area (Å²) in [5.74, 6) is -0.960. The molecule has 2 amide bonds. The third-order valence-corrected chi connectivity index (χ3v) is 4.10. The number of nitrogens with one attached hydrogen (secondary N) is 1. The van der Waals surface area contributed by atoms with Crippen LogP contribution in [0.5, 0.6) is 0 Å². The first-order valence-corrected chi connectivity index (χ1v) is 7.20. The molecule has 1 aromatic rings. The van der Waals surface area contributed by atoms with Gasteiger partial charge in [-0.2, -0.15) is 0 Å². The quantitative estimate of drug-likeness (QED) is 0.758. The molecule has 0 bridgehead atoms. The predicted molar refractivity (Wildman–Crippen MR) is 80.6 cm³/mol. The van der Waals surface area contributed by atoms with Crippen LogP contribution in [0.3, 0.4) is 0 Å². The number of carbonyl (C=O) groups excluding carboxylic acids is 1. The van der Waals surface area contributed by atoms with E-state index in [-0.39, 0.29) is 6.03 Å². The molecule has 0 unspecified atom stereocenters. The highest BCUT2D eigenvalue weighted by Gasteiger charge is 2.34. The standard InChI is InChI=1S/C12H12ClIN2O3/c13-7-3-4-9(8(14)6-7)15-12(19)16-5-1-2-10(16)11(17)18/h3-4,6,10H,1-2,5H2,(H,15,19)(H,17,18)/t10-/m0/s1. The summed E-state index contributed by atoms with van der Waals surface area (Å²) in [6.45, 7) is 0.465. The molecule has 0 saturated carbocycles. The number of halogens is 2. The SMILES string of the molecule is O=C(O)[C@@H]1CCCN1C(=O)Nc1ccc(Cl)cc1I. The minimum Gasteiger partial charge on any atom is -0.480 e. The summed E-state index contributed by atoms with van der Waals surface area (Å²) in [5.41, 5.74) is 0.631. The number of carboxylic acid groups (broad SMARTS) is 1. The lowest BCUT2D eigenvalue weighted by atomic mass is 10.2. The van der Waals surface area contributed by atoms with Crippen molar-refractivity contribution in [3.8, 4) is 0 Å². The normalized spacial score (nSPS) is 18.4. The molecule has 1 atom stereocenters. The lowest BCUT2D eigenvalue weighted by molar-refractivity contribution is -0.141. The van der Waals surface area contributed by atoms with E-state index in [4.69, 9.17) is 16.7 Å². The first-order valence-electron chi connectivity index (χ1n) is 5.74. The minimum atomic E-state index is -0.960. The third-order valence-electron chi connectivity index (χ3n) is 2.97. The number of aliphatic carboxylic acids is 1. The molecule has 1 heterocycles. The number of urea groups is 1. The van der Waals surface area contributed by atoms with Crippen LogP contribution in [-0.4, -0.2) is 34.6 Å². The van der Waals surface area contributed by atoms with Gasteiger partial charge in [-0.25, -0.2) is 9.59 Å². The predicted octanol–water partition coefficient (Wildman–Crippen LogP) is 3.03. The average molecular weight is 395 g/mol. The number of carbonyl (C=O) groups is 2. The number of hydrogen-bond acceptors (Lipinski definition) is 2. The van der Waals surface area contributed by atoms with Gasteiger partial charge in [0.1, 0.15) is 6.04 Å². The summed E-state index contributed by atoms with van der Waals surface area (Å²) in [7, 11) is 0. The smallest absolute Gasteiger partial charge is 0.326 e.